The number of ether oxygens (including phenoxy) is 1. The second-order valence-corrected chi connectivity index (χ2v) is 8.36. The van der Waals surface area contributed by atoms with Crippen LogP contribution in [0.3, 0.4) is 0 Å². The molecule has 1 aliphatic carbocycles. The predicted molar refractivity (Wildman–Crippen MR) is 90.5 cm³/mol. The number of methoxy groups -OCH3 is 1. The van der Waals surface area contributed by atoms with E-state index in [-0.39, 0.29) is 16.8 Å². The van der Waals surface area contributed by atoms with E-state index in [2.05, 4.69) is 10.0 Å². The van der Waals surface area contributed by atoms with Gasteiger partial charge >= 0.3 is 0 Å². The highest BCUT2D eigenvalue weighted by molar-refractivity contribution is 7.90. The summed E-state index contributed by atoms with van der Waals surface area (Å²) in [6.45, 7) is 6.46. The summed E-state index contributed by atoms with van der Waals surface area (Å²) in [5.41, 5.74) is 0.838. The van der Waals surface area contributed by atoms with E-state index in [1.165, 1.54) is 0 Å². The van der Waals surface area contributed by atoms with Gasteiger partial charge in [0.1, 0.15) is 4.75 Å². The Bertz CT molecular complexity index is 416. The summed E-state index contributed by atoms with van der Waals surface area (Å²) in [5.74, 6) is 0.0173. The minimum atomic E-state index is -1.04. The minimum absolute atomic E-state index is 0.0173. The predicted octanol–water partition coefficient (Wildman–Crippen LogP) is 2.18. The third kappa shape index (κ3) is 7.45. The number of nitrogens with one attached hydrogen (secondary N) is 2. The first kappa shape index (κ1) is 19.2. The molecule has 2 unspecified atom stereocenters. The van der Waals surface area contributed by atoms with Gasteiger partial charge in [-0.1, -0.05) is 12.2 Å². The lowest BCUT2D eigenvalue weighted by Gasteiger charge is -2.23. The van der Waals surface area contributed by atoms with Crippen molar-refractivity contribution in [2.45, 2.75) is 57.3 Å². The van der Waals surface area contributed by atoms with Crippen molar-refractivity contribution in [2.24, 2.45) is 0 Å². The number of rotatable bonds is 8. The number of carbonyl (C=O) groups is 1. The van der Waals surface area contributed by atoms with Gasteiger partial charge in [0.15, 0.2) is 0 Å². The van der Waals surface area contributed by atoms with Gasteiger partial charge in [0.05, 0.1) is 6.10 Å². The Morgan fingerprint density at radius 1 is 1.45 bits per heavy atom. The molecule has 0 spiro atoms. The maximum absolute atomic E-state index is 11.8. The van der Waals surface area contributed by atoms with Gasteiger partial charge in [-0.3, -0.25) is 4.79 Å². The van der Waals surface area contributed by atoms with E-state index in [0.717, 1.165) is 25.0 Å². The van der Waals surface area contributed by atoms with E-state index in [9.17, 15) is 9.35 Å². The molecule has 1 rings (SSSR count). The molecule has 0 bridgehead atoms. The number of carbonyl (C=O) groups excluding carboxylic acids is 1. The highest BCUT2D eigenvalue weighted by Gasteiger charge is 2.25. The van der Waals surface area contributed by atoms with Gasteiger partial charge < -0.3 is 14.6 Å². The van der Waals surface area contributed by atoms with Crippen molar-refractivity contribution in [3.05, 3.63) is 23.9 Å². The number of allylic oxidation sites excluding steroid dienone is 1. The molecule has 126 valence electrons. The van der Waals surface area contributed by atoms with Crippen LogP contribution in [0, 0.1) is 0 Å². The zero-order chi connectivity index (χ0) is 16.6. The van der Waals surface area contributed by atoms with Crippen molar-refractivity contribution < 1.29 is 14.1 Å². The third-order valence-corrected chi connectivity index (χ3v) is 4.85. The molecule has 1 aliphatic rings. The van der Waals surface area contributed by atoms with Crippen LogP contribution < -0.4 is 10.0 Å². The summed E-state index contributed by atoms with van der Waals surface area (Å²) >= 11 is -1.04. The van der Waals surface area contributed by atoms with Gasteiger partial charge in [0.2, 0.25) is 5.91 Å². The zero-order valence-corrected chi connectivity index (χ0v) is 14.8. The molecule has 1 amide bonds. The van der Waals surface area contributed by atoms with Crippen molar-refractivity contribution >= 4 is 17.3 Å². The maximum atomic E-state index is 11.8. The Labute approximate surface area is 136 Å². The Morgan fingerprint density at radius 3 is 2.73 bits per heavy atom. The molecule has 0 fully saturated rings. The third-order valence-electron chi connectivity index (χ3n) is 3.27. The molecule has 6 heteroatoms. The fourth-order valence-corrected chi connectivity index (χ4v) is 2.65. The lowest BCUT2D eigenvalue weighted by atomic mass is 10.1. The molecule has 0 heterocycles. The Kier molecular flexibility index (Phi) is 8.17. The lowest BCUT2D eigenvalue weighted by Crippen LogP contribution is -2.39. The molecule has 2 atom stereocenters. The van der Waals surface area contributed by atoms with Crippen LogP contribution in [0.2, 0.25) is 0 Å². The van der Waals surface area contributed by atoms with Crippen molar-refractivity contribution in [1.29, 1.82) is 0 Å². The van der Waals surface area contributed by atoms with Crippen LogP contribution >= 0.6 is 0 Å². The first-order valence-corrected chi connectivity index (χ1v) is 8.84. The first-order valence-electron chi connectivity index (χ1n) is 7.69. The first-order chi connectivity index (χ1) is 10.3. The normalized spacial score (nSPS) is 19.7. The van der Waals surface area contributed by atoms with Crippen LogP contribution in [0.15, 0.2) is 23.9 Å². The number of amides is 1. The van der Waals surface area contributed by atoms with E-state index < -0.39 is 11.4 Å². The highest BCUT2D eigenvalue weighted by atomic mass is 32.2. The monoisotopic (exact) mass is 328 g/mol. The minimum Gasteiger partial charge on any atom is -0.598 e. The Balaban J connectivity index is 2.12. The van der Waals surface area contributed by atoms with Gasteiger partial charge in [0, 0.05) is 37.1 Å². The average molecular weight is 328 g/mol. The van der Waals surface area contributed by atoms with Gasteiger partial charge in [0.25, 0.3) is 0 Å². The zero-order valence-electron chi connectivity index (χ0n) is 14.0. The van der Waals surface area contributed by atoms with Crippen molar-refractivity contribution in [1.82, 2.24) is 10.0 Å². The number of unbranched alkanes of at least 4 members (excludes halogenated alkanes) is 1. The van der Waals surface area contributed by atoms with E-state index >= 15 is 0 Å². The molecule has 0 aliphatic heterocycles. The van der Waals surface area contributed by atoms with Crippen molar-refractivity contribution in [3.8, 4) is 0 Å². The van der Waals surface area contributed by atoms with Gasteiger partial charge in [-0.2, -0.15) is 0 Å². The molecule has 0 saturated carbocycles. The highest BCUT2D eigenvalue weighted by Crippen LogP contribution is 2.13. The van der Waals surface area contributed by atoms with Gasteiger partial charge in [-0.25, -0.2) is 0 Å². The molecule has 0 aromatic heterocycles. The van der Waals surface area contributed by atoms with Crippen LogP contribution in [0.25, 0.3) is 0 Å². The average Bonchev–Trinajstić information content (AvgIpc) is 2.46. The summed E-state index contributed by atoms with van der Waals surface area (Å²) in [7, 11) is 1.67. The summed E-state index contributed by atoms with van der Waals surface area (Å²) in [5, 5.41) is 2.89. The topological polar surface area (TPSA) is 73.4 Å². The lowest BCUT2D eigenvalue weighted by molar-refractivity contribution is -0.120. The molecular weight excluding hydrogens is 300 g/mol. The summed E-state index contributed by atoms with van der Waals surface area (Å²) in [6, 6.07) is 0. The van der Waals surface area contributed by atoms with Gasteiger partial charge in [-0.15, -0.1) is 4.72 Å². The summed E-state index contributed by atoms with van der Waals surface area (Å²) in [4.78, 5) is 11.8. The van der Waals surface area contributed by atoms with E-state index in [1.54, 1.807) is 7.11 Å². The second-order valence-electron chi connectivity index (χ2n) is 6.31. The molecule has 0 radical (unpaired) electrons. The molecule has 5 nitrogen and oxygen atoms in total. The number of hydrogen-bond acceptors (Lipinski definition) is 4. The van der Waals surface area contributed by atoms with E-state index in [1.807, 2.05) is 39.0 Å². The Morgan fingerprint density at radius 2 is 2.18 bits per heavy atom. The van der Waals surface area contributed by atoms with Crippen LogP contribution in [-0.2, 0) is 20.9 Å². The second kappa shape index (κ2) is 9.35. The van der Waals surface area contributed by atoms with Crippen LogP contribution in [0.4, 0.5) is 0 Å². The van der Waals surface area contributed by atoms with Crippen LogP contribution in [-0.4, -0.2) is 35.0 Å². The van der Waals surface area contributed by atoms with E-state index in [4.69, 9.17) is 4.74 Å². The fourth-order valence-electron chi connectivity index (χ4n) is 1.88. The van der Waals surface area contributed by atoms with Gasteiger partial charge in [-0.05, 0) is 46.1 Å². The number of hydrogen-bond donors (Lipinski definition) is 2. The largest absolute Gasteiger partial charge is 0.598 e. The molecular formula is C16H28N2O3S. The fraction of sp³-hybridized carbons (Fsp3) is 0.688. The van der Waals surface area contributed by atoms with Crippen molar-refractivity contribution in [2.75, 3.05) is 13.7 Å². The molecule has 0 aromatic rings. The van der Waals surface area contributed by atoms with Crippen LogP contribution in [0.1, 0.15) is 46.5 Å². The maximum Gasteiger partial charge on any atom is 0.224 e. The SMILES string of the molecule is COC1C=CC(NC(=O)CCCCN[S+]([O-])C(C)(C)C)=CC1. The molecule has 2 N–H and O–H groups in total. The Hall–Kier alpha value is -0.820. The van der Waals surface area contributed by atoms with E-state index in [0.29, 0.717) is 13.0 Å². The summed E-state index contributed by atoms with van der Waals surface area (Å²) < 4.78 is 19.7. The smallest absolute Gasteiger partial charge is 0.224 e. The molecule has 0 aromatic carbocycles. The quantitative estimate of drug-likeness (QED) is 0.529. The molecule has 22 heavy (non-hydrogen) atoms. The summed E-state index contributed by atoms with van der Waals surface area (Å²) in [6.07, 6.45) is 8.77. The standard InChI is InChI=1S/C16H28N2O3S/c1-16(2,3)22(20)17-12-6-5-7-15(19)18-13-8-10-14(21-4)11-9-13/h8-10,14,17H,5-7,11-12H2,1-4H3,(H,18,19). The van der Waals surface area contributed by atoms with Crippen LogP contribution in [0.5, 0.6) is 0 Å². The van der Waals surface area contributed by atoms with Crippen molar-refractivity contribution in [3.63, 3.8) is 0 Å². The molecule has 0 saturated heterocycles.